The number of amides is 1. The molecule has 27 heavy (non-hydrogen) atoms. The molecule has 0 spiro atoms. The molecule has 0 saturated carbocycles. The first-order valence-corrected chi connectivity index (χ1v) is 9.35. The summed E-state index contributed by atoms with van der Waals surface area (Å²) in [4.78, 5) is 24.9. The molecular formula is C20H20Cl2N2O3. The van der Waals surface area contributed by atoms with E-state index in [1.165, 1.54) is 0 Å². The van der Waals surface area contributed by atoms with Crippen molar-refractivity contribution in [2.24, 2.45) is 5.92 Å². The number of aliphatic carboxylic acids is 1. The summed E-state index contributed by atoms with van der Waals surface area (Å²) in [7, 11) is 0. The van der Waals surface area contributed by atoms with Gasteiger partial charge < -0.3 is 10.4 Å². The summed E-state index contributed by atoms with van der Waals surface area (Å²) in [6.07, 6.45) is 0.254. The van der Waals surface area contributed by atoms with Crippen molar-refractivity contribution in [1.29, 1.82) is 0 Å². The molecule has 3 rings (SSSR count). The SMILES string of the molecule is CC(C)[C@@H](NC1(Cc2cccc(Cl)c2)C(=O)Nc2cc(Cl)ccc21)C(=O)O. The first kappa shape index (κ1) is 19.7. The summed E-state index contributed by atoms with van der Waals surface area (Å²) in [5.41, 5.74) is 0.831. The van der Waals surface area contributed by atoms with Crippen LogP contribution in [0.2, 0.25) is 10.0 Å². The Morgan fingerprint density at radius 2 is 1.89 bits per heavy atom. The molecule has 1 unspecified atom stereocenters. The first-order chi connectivity index (χ1) is 12.7. The van der Waals surface area contributed by atoms with Crippen LogP contribution in [0, 0.1) is 5.92 Å². The van der Waals surface area contributed by atoms with E-state index in [1.54, 1.807) is 50.2 Å². The highest BCUT2D eigenvalue weighted by Gasteiger charge is 2.49. The minimum atomic E-state index is -1.24. The highest BCUT2D eigenvalue weighted by atomic mass is 35.5. The van der Waals surface area contributed by atoms with Crippen molar-refractivity contribution in [3.63, 3.8) is 0 Å². The standard InChI is InChI=1S/C20H20Cl2N2O3/c1-11(2)17(18(25)26)24-20(10-12-4-3-5-13(21)8-12)15-7-6-14(22)9-16(15)23-19(20)27/h3-9,11,17,24H,10H2,1-2H3,(H,23,27)(H,25,26)/t17-,20?/m1/s1. The highest BCUT2D eigenvalue weighted by Crippen LogP contribution is 2.40. The first-order valence-electron chi connectivity index (χ1n) is 8.59. The monoisotopic (exact) mass is 406 g/mol. The van der Waals surface area contributed by atoms with Gasteiger partial charge in [0, 0.05) is 27.7 Å². The number of hydrogen-bond acceptors (Lipinski definition) is 3. The van der Waals surface area contributed by atoms with Crippen molar-refractivity contribution in [1.82, 2.24) is 5.32 Å². The number of halogens is 2. The van der Waals surface area contributed by atoms with Crippen molar-refractivity contribution in [2.75, 3.05) is 5.32 Å². The third kappa shape index (κ3) is 3.81. The number of carboxylic acids is 1. The van der Waals surface area contributed by atoms with E-state index in [1.807, 2.05) is 6.07 Å². The van der Waals surface area contributed by atoms with Gasteiger partial charge in [0.15, 0.2) is 0 Å². The molecule has 1 aliphatic heterocycles. The maximum absolute atomic E-state index is 13.1. The van der Waals surface area contributed by atoms with Gasteiger partial charge in [-0.25, -0.2) is 0 Å². The van der Waals surface area contributed by atoms with Crippen LogP contribution in [0.4, 0.5) is 5.69 Å². The van der Waals surface area contributed by atoms with E-state index in [4.69, 9.17) is 23.2 Å². The van der Waals surface area contributed by atoms with Crippen LogP contribution in [0.5, 0.6) is 0 Å². The Kier molecular flexibility index (Phi) is 5.47. The number of fused-ring (bicyclic) bond motifs is 1. The van der Waals surface area contributed by atoms with Gasteiger partial charge in [-0.3, -0.25) is 14.9 Å². The Morgan fingerprint density at radius 1 is 1.19 bits per heavy atom. The molecule has 0 aliphatic carbocycles. The van der Waals surface area contributed by atoms with Gasteiger partial charge in [0.2, 0.25) is 5.91 Å². The van der Waals surface area contributed by atoms with E-state index in [0.717, 1.165) is 5.56 Å². The summed E-state index contributed by atoms with van der Waals surface area (Å²) in [5, 5.41) is 16.7. The highest BCUT2D eigenvalue weighted by molar-refractivity contribution is 6.31. The zero-order valence-electron chi connectivity index (χ0n) is 14.9. The van der Waals surface area contributed by atoms with E-state index in [9.17, 15) is 14.7 Å². The second-order valence-electron chi connectivity index (χ2n) is 7.06. The normalized spacial score (nSPS) is 19.7. The molecule has 0 fully saturated rings. The van der Waals surface area contributed by atoms with E-state index in [-0.39, 0.29) is 18.2 Å². The Bertz CT molecular complexity index is 901. The number of nitrogens with one attached hydrogen (secondary N) is 2. The Balaban J connectivity index is 2.12. The van der Waals surface area contributed by atoms with Gasteiger partial charge in [0.05, 0.1) is 0 Å². The molecule has 142 valence electrons. The lowest BCUT2D eigenvalue weighted by Crippen LogP contribution is -2.57. The fourth-order valence-corrected chi connectivity index (χ4v) is 3.83. The number of hydrogen-bond donors (Lipinski definition) is 3. The molecule has 0 bridgehead atoms. The summed E-state index contributed by atoms with van der Waals surface area (Å²) in [5.74, 6) is -1.54. The van der Waals surface area contributed by atoms with Crippen LogP contribution in [-0.2, 0) is 21.5 Å². The van der Waals surface area contributed by atoms with Crippen molar-refractivity contribution < 1.29 is 14.7 Å². The molecule has 3 N–H and O–H groups in total. The van der Waals surface area contributed by atoms with Gasteiger partial charge in [-0.1, -0.05) is 55.2 Å². The van der Waals surface area contributed by atoms with E-state index in [0.29, 0.717) is 21.3 Å². The molecule has 0 saturated heterocycles. The number of carboxylic acid groups (broad SMARTS) is 1. The molecule has 2 aromatic rings. The molecular weight excluding hydrogens is 387 g/mol. The molecule has 1 heterocycles. The number of rotatable bonds is 6. The van der Waals surface area contributed by atoms with Gasteiger partial charge in [-0.05, 0) is 35.7 Å². The number of benzene rings is 2. The predicted molar refractivity (Wildman–Crippen MR) is 106 cm³/mol. The molecule has 0 aromatic heterocycles. The van der Waals surface area contributed by atoms with Crippen molar-refractivity contribution in [3.05, 3.63) is 63.6 Å². The van der Waals surface area contributed by atoms with Crippen LogP contribution < -0.4 is 10.6 Å². The average Bonchev–Trinajstić information content (AvgIpc) is 2.83. The van der Waals surface area contributed by atoms with Crippen LogP contribution in [0.1, 0.15) is 25.0 Å². The van der Waals surface area contributed by atoms with Crippen LogP contribution in [0.25, 0.3) is 0 Å². The maximum atomic E-state index is 13.1. The second-order valence-corrected chi connectivity index (χ2v) is 7.93. The fraction of sp³-hybridized carbons (Fsp3) is 0.300. The molecule has 5 nitrogen and oxygen atoms in total. The lowest BCUT2D eigenvalue weighted by Gasteiger charge is -2.33. The van der Waals surface area contributed by atoms with Crippen LogP contribution in [0.3, 0.4) is 0 Å². The van der Waals surface area contributed by atoms with Crippen molar-refractivity contribution >= 4 is 40.8 Å². The molecule has 2 aromatic carbocycles. The zero-order valence-corrected chi connectivity index (χ0v) is 16.4. The van der Waals surface area contributed by atoms with Gasteiger partial charge in [0.1, 0.15) is 11.6 Å². The largest absolute Gasteiger partial charge is 0.480 e. The lowest BCUT2D eigenvalue weighted by atomic mass is 9.83. The fourth-order valence-electron chi connectivity index (χ4n) is 3.45. The number of carbonyl (C=O) groups excluding carboxylic acids is 1. The third-order valence-corrected chi connectivity index (χ3v) is 5.24. The van der Waals surface area contributed by atoms with Crippen LogP contribution in [-0.4, -0.2) is 23.0 Å². The molecule has 2 atom stereocenters. The lowest BCUT2D eigenvalue weighted by molar-refractivity contribution is -0.141. The Labute approximate surface area is 167 Å². The minimum absolute atomic E-state index is 0.220. The van der Waals surface area contributed by atoms with E-state index in [2.05, 4.69) is 10.6 Å². The van der Waals surface area contributed by atoms with Crippen molar-refractivity contribution in [2.45, 2.75) is 31.8 Å². The van der Waals surface area contributed by atoms with Crippen LogP contribution in [0.15, 0.2) is 42.5 Å². The van der Waals surface area contributed by atoms with Gasteiger partial charge in [-0.2, -0.15) is 0 Å². The topological polar surface area (TPSA) is 78.4 Å². The molecule has 1 amide bonds. The average molecular weight is 407 g/mol. The summed E-state index contributed by atoms with van der Waals surface area (Å²) in [6.45, 7) is 3.60. The van der Waals surface area contributed by atoms with Gasteiger partial charge in [-0.15, -0.1) is 0 Å². The number of anilines is 1. The molecule has 0 radical (unpaired) electrons. The third-order valence-electron chi connectivity index (χ3n) is 4.77. The summed E-state index contributed by atoms with van der Waals surface area (Å²) < 4.78 is 0. The van der Waals surface area contributed by atoms with Gasteiger partial charge in [0.25, 0.3) is 0 Å². The van der Waals surface area contributed by atoms with E-state index >= 15 is 0 Å². The van der Waals surface area contributed by atoms with E-state index < -0.39 is 17.6 Å². The Morgan fingerprint density at radius 3 is 2.52 bits per heavy atom. The molecule has 1 aliphatic rings. The zero-order chi connectivity index (χ0) is 19.8. The predicted octanol–water partition coefficient (Wildman–Crippen LogP) is 4.08. The second kappa shape index (κ2) is 7.50. The quantitative estimate of drug-likeness (QED) is 0.674. The van der Waals surface area contributed by atoms with Crippen LogP contribution >= 0.6 is 23.2 Å². The van der Waals surface area contributed by atoms with Gasteiger partial charge >= 0.3 is 5.97 Å². The summed E-state index contributed by atoms with van der Waals surface area (Å²) in [6, 6.07) is 11.4. The maximum Gasteiger partial charge on any atom is 0.320 e. The number of carbonyl (C=O) groups is 2. The smallest absolute Gasteiger partial charge is 0.320 e. The summed E-state index contributed by atoms with van der Waals surface area (Å²) >= 11 is 12.2. The van der Waals surface area contributed by atoms with Crippen molar-refractivity contribution in [3.8, 4) is 0 Å². The minimum Gasteiger partial charge on any atom is -0.480 e. The Hall–Kier alpha value is -2.08. The molecule has 7 heteroatoms.